The van der Waals surface area contributed by atoms with Gasteiger partial charge < -0.3 is 9.47 Å². The van der Waals surface area contributed by atoms with Crippen molar-refractivity contribution in [3.05, 3.63) is 94.9 Å². The third kappa shape index (κ3) is 4.32. The standard InChI is InChI=1S/C25H20ClFN2O2/c1-30-24-16-25(31-2)20(15-18(24)10-7-17-8-11-19(27)12-9-17)22-13-14-28-29(22)23-6-4-3-5-21(23)26/h3-16H,1-2H3/b10-7+. The van der Waals surface area contributed by atoms with Crippen molar-refractivity contribution in [2.45, 2.75) is 0 Å². The van der Waals surface area contributed by atoms with E-state index in [2.05, 4.69) is 5.10 Å². The van der Waals surface area contributed by atoms with Gasteiger partial charge in [-0.3, -0.25) is 0 Å². The summed E-state index contributed by atoms with van der Waals surface area (Å²) in [5.74, 6) is 1.03. The van der Waals surface area contributed by atoms with Gasteiger partial charge in [0.1, 0.15) is 17.3 Å². The summed E-state index contributed by atoms with van der Waals surface area (Å²) in [5, 5.41) is 5.06. The van der Waals surface area contributed by atoms with E-state index in [4.69, 9.17) is 21.1 Å². The Hall–Kier alpha value is -3.57. The van der Waals surface area contributed by atoms with Gasteiger partial charge in [-0.15, -0.1) is 0 Å². The minimum atomic E-state index is -0.269. The molecule has 4 rings (SSSR count). The van der Waals surface area contributed by atoms with Crippen LogP contribution in [0.15, 0.2) is 72.9 Å². The molecule has 0 aliphatic rings. The quantitative estimate of drug-likeness (QED) is 0.324. The molecule has 6 heteroatoms. The maximum atomic E-state index is 13.2. The zero-order valence-electron chi connectivity index (χ0n) is 17.0. The van der Waals surface area contributed by atoms with Crippen LogP contribution in [-0.4, -0.2) is 24.0 Å². The molecule has 0 radical (unpaired) electrons. The molecule has 0 unspecified atom stereocenters. The number of methoxy groups -OCH3 is 2. The molecule has 0 saturated heterocycles. The Morgan fingerprint density at radius 2 is 1.65 bits per heavy atom. The molecule has 1 heterocycles. The van der Waals surface area contributed by atoms with E-state index in [1.54, 1.807) is 37.2 Å². The number of para-hydroxylation sites is 1. The molecule has 4 aromatic rings. The predicted octanol–water partition coefficient (Wildman–Crippen LogP) is 6.52. The van der Waals surface area contributed by atoms with E-state index in [1.807, 2.05) is 54.6 Å². The summed E-state index contributed by atoms with van der Waals surface area (Å²) >= 11 is 6.41. The van der Waals surface area contributed by atoms with Crippen LogP contribution >= 0.6 is 11.6 Å². The number of aromatic nitrogens is 2. The minimum absolute atomic E-state index is 0.269. The van der Waals surface area contributed by atoms with Gasteiger partial charge in [0.05, 0.1) is 36.8 Å². The summed E-state index contributed by atoms with van der Waals surface area (Å²) in [5.41, 5.74) is 4.14. The van der Waals surface area contributed by atoms with Crippen LogP contribution in [0.1, 0.15) is 11.1 Å². The smallest absolute Gasteiger partial charge is 0.131 e. The van der Waals surface area contributed by atoms with Crippen molar-refractivity contribution < 1.29 is 13.9 Å². The molecule has 31 heavy (non-hydrogen) atoms. The highest BCUT2D eigenvalue weighted by atomic mass is 35.5. The average Bonchev–Trinajstić information content (AvgIpc) is 3.28. The van der Waals surface area contributed by atoms with E-state index in [9.17, 15) is 4.39 Å². The first kappa shape index (κ1) is 20.7. The molecule has 4 nitrogen and oxygen atoms in total. The molecule has 1 aromatic heterocycles. The number of hydrogen-bond donors (Lipinski definition) is 0. The van der Waals surface area contributed by atoms with Crippen molar-refractivity contribution in [3.8, 4) is 28.4 Å². The van der Waals surface area contributed by atoms with Crippen molar-refractivity contribution >= 4 is 23.8 Å². The molecule has 3 aromatic carbocycles. The summed E-state index contributed by atoms with van der Waals surface area (Å²) in [4.78, 5) is 0. The first-order chi connectivity index (χ1) is 15.1. The zero-order chi connectivity index (χ0) is 21.8. The largest absolute Gasteiger partial charge is 0.496 e. The van der Waals surface area contributed by atoms with Gasteiger partial charge >= 0.3 is 0 Å². The fraction of sp³-hybridized carbons (Fsp3) is 0.0800. The lowest BCUT2D eigenvalue weighted by molar-refractivity contribution is 0.394. The molecule has 156 valence electrons. The predicted molar refractivity (Wildman–Crippen MR) is 122 cm³/mol. The number of rotatable bonds is 6. The van der Waals surface area contributed by atoms with Gasteiger partial charge in [0.25, 0.3) is 0 Å². The molecular formula is C25H20ClFN2O2. The number of ether oxygens (including phenoxy) is 2. The second-order valence-electron chi connectivity index (χ2n) is 6.76. The first-order valence-electron chi connectivity index (χ1n) is 9.59. The average molecular weight is 435 g/mol. The van der Waals surface area contributed by atoms with Gasteiger partial charge in [0, 0.05) is 17.2 Å². The minimum Gasteiger partial charge on any atom is -0.496 e. The molecule has 0 aliphatic carbocycles. The van der Waals surface area contributed by atoms with Crippen LogP contribution in [0.4, 0.5) is 4.39 Å². The molecule has 0 N–H and O–H groups in total. The first-order valence-corrected chi connectivity index (χ1v) is 9.97. The Labute approximate surface area is 185 Å². The van der Waals surface area contributed by atoms with Crippen molar-refractivity contribution in [1.82, 2.24) is 9.78 Å². The van der Waals surface area contributed by atoms with Crippen LogP contribution in [-0.2, 0) is 0 Å². The lowest BCUT2D eigenvalue weighted by Gasteiger charge is -2.15. The van der Waals surface area contributed by atoms with Gasteiger partial charge in [-0.2, -0.15) is 5.10 Å². The Morgan fingerprint density at radius 1 is 0.903 bits per heavy atom. The van der Waals surface area contributed by atoms with Crippen molar-refractivity contribution in [2.75, 3.05) is 14.2 Å². The highest BCUT2D eigenvalue weighted by Gasteiger charge is 2.17. The number of halogens is 2. The lowest BCUT2D eigenvalue weighted by atomic mass is 10.0. The van der Waals surface area contributed by atoms with E-state index >= 15 is 0 Å². The van der Waals surface area contributed by atoms with Crippen molar-refractivity contribution in [1.29, 1.82) is 0 Å². The summed E-state index contributed by atoms with van der Waals surface area (Å²) in [6.45, 7) is 0. The monoisotopic (exact) mass is 434 g/mol. The van der Waals surface area contributed by atoms with Gasteiger partial charge in [0.2, 0.25) is 0 Å². The topological polar surface area (TPSA) is 36.3 Å². The molecule has 0 aliphatic heterocycles. The van der Waals surface area contributed by atoms with E-state index < -0.39 is 0 Å². The maximum absolute atomic E-state index is 13.2. The second-order valence-corrected chi connectivity index (χ2v) is 7.17. The molecule has 0 bridgehead atoms. The van der Waals surface area contributed by atoms with Gasteiger partial charge in [0.15, 0.2) is 0 Å². The summed E-state index contributed by atoms with van der Waals surface area (Å²) in [6, 6.07) is 19.5. The highest BCUT2D eigenvalue weighted by Crippen LogP contribution is 2.38. The van der Waals surface area contributed by atoms with Crippen LogP contribution in [0, 0.1) is 5.82 Å². The van der Waals surface area contributed by atoms with Crippen molar-refractivity contribution in [3.63, 3.8) is 0 Å². The van der Waals surface area contributed by atoms with Crippen LogP contribution < -0.4 is 9.47 Å². The van der Waals surface area contributed by atoms with Gasteiger partial charge in [-0.05, 0) is 42.0 Å². The maximum Gasteiger partial charge on any atom is 0.131 e. The van der Waals surface area contributed by atoms with Gasteiger partial charge in [-0.25, -0.2) is 9.07 Å². The Kier molecular flexibility index (Phi) is 6.05. The SMILES string of the molecule is COc1cc(OC)c(-c2ccnn2-c2ccccc2Cl)cc1/C=C/c1ccc(F)cc1. The normalized spacial score (nSPS) is 11.1. The Morgan fingerprint density at radius 3 is 2.35 bits per heavy atom. The molecular weight excluding hydrogens is 415 g/mol. The summed E-state index contributed by atoms with van der Waals surface area (Å²) in [7, 11) is 3.22. The Balaban J connectivity index is 1.82. The number of hydrogen-bond acceptors (Lipinski definition) is 3. The second kappa shape index (κ2) is 9.06. The molecule has 0 fully saturated rings. The van der Waals surface area contributed by atoms with Crippen LogP contribution in [0.2, 0.25) is 5.02 Å². The van der Waals surface area contributed by atoms with Crippen molar-refractivity contribution in [2.24, 2.45) is 0 Å². The lowest BCUT2D eigenvalue weighted by Crippen LogP contribution is -2.01. The summed E-state index contributed by atoms with van der Waals surface area (Å²) < 4.78 is 26.2. The van der Waals surface area contributed by atoms with E-state index in [0.717, 1.165) is 28.1 Å². The number of benzene rings is 3. The summed E-state index contributed by atoms with van der Waals surface area (Å²) in [6.07, 6.45) is 5.54. The molecule has 0 amide bonds. The zero-order valence-corrected chi connectivity index (χ0v) is 17.8. The van der Waals surface area contributed by atoms with E-state index in [-0.39, 0.29) is 5.82 Å². The number of nitrogens with zero attached hydrogens (tertiary/aromatic N) is 2. The van der Waals surface area contributed by atoms with Crippen LogP contribution in [0.5, 0.6) is 11.5 Å². The molecule has 0 saturated carbocycles. The van der Waals surface area contributed by atoms with Crippen LogP contribution in [0.3, 0.4) is 0 Å². The third-order valence-corrected chi connectivity index (χ3v) is 5.20. The van der Waals surface area contributed by atoms with Crippen LogP contribution in [0.25, 0.3) is 29.1 Å². The van der Waals surface area contributed by atoms with Gasteiger partial charge in [-0.1, -0.05) is 48.0 Å². The van der Waals surface area contributed by atoms with E-state index in [1.165, 1.54) is 12.1 Å². The highest BCUT2D eigenvalue weighted by molar-refractivity contribution is 6.32. The fourth-order valence-electron chi connectivity index (χ4n) is 3.34. The third-order valence-electron chi connectivity index (χ3n) is 4.88. The van der Waals surface area contributed by atoms with E-state index in [0.29, 0.717) is 16.5 Å². The molecule has 0 spiro atoms. The Bertz CT molecular complexity index is 1230. The fourth-order valence-corrected chi connectivity index (χ4v) is 3.55. The molecule has 0 atom stereocenters.